The number of carbonyl (C=O) groups excluding carboxylic acids is 1. The lowest BCUT2D eigenvalue weighted by molar-refractivity contribution is 0.0757. The number of hydrogen-bond donors (Lipinski definition) is 1. The number of carbonyl (C=O) groups is 1. The van der Waals surface area contributed by atoms with Crippen LogP contribution in [0.1, 0.15) is 55.1 Å². The number of ether oxygens (including phenoxy) is 1. The smallest absolute Gasteiger partial charge is 0.251 e. The molecule has 8 heteroatoms. The summed E-state index contributed by atoms with van der Waals surface area (Å²) in [5.74, 6) is 1.44. The topological polar surface area (TPSA) is 94.4 Å². The fraction of sp³-hybridized carbons (Fsp3) is 0.419. The van der Waals surface area contributed by atoms with E-state index in [1.807, 2.05) is 50.2 Å². The van der Waals surface area contributed by atoms with Crippen LogP contribution in [0.5, 0.6) is 0 Å². The number of anilines is 2. The van der Waals surface area contributed by atoms with Gasteiger partial charge in [-0.1, -0.05) is 31.2 Å². The highest BCUT2D eigenvalue weighted by molar-refractivity contribution is 5.94. The van der Waals surface area contributed by atoms with Crippen LogP contribution in [0.4, 0.5) is 11.8 Å². The number of nitriles is 1. The third kappa shape index (κ3) is 6.37. The van der Waals surface area contributed by atoms with Crippen molar-refractivity contribution >= 4 is 17.7 Å². The molecule has 1 fully saturated rings. The lowest BCUT2D eigenvalue weighted by atomic mass is 9.79. The summed E-state index contributed by atoms with van der Waals surface area (Å²) < 4.78 is 5.60. The van der Waals surface area contributed by atoms with Crippen molar-refractivity contribution in [2.45, 2.75) is 45.6 Å². The highest BCUT2D eigenvalue weighted by Crippen LogP contribution is 2.32. The van der Waals surface area contributed by atoms with E-state index < -0.39 is 5.41 Å². The first-order chi connectivity index (χ1) is 18.8. The van der Waals surface area contributed by atoms with Crippen molar-refractivity contribution in [3.8, 4) is 6.07 Å². The van der Waals surface area contributed by atoms with Crippen molar-refractivity contribution in [1.29, 1.82) is 5.26 Å². The van der Waals surface area contributed by atoms with Crippen LogP contribution < -0.4 is 15.1 Å². The maximum absolute atomic E-state index is 13.2. The summed E-state index contributed by atoms with van der Waals surface area (Å²) in [7, 11) is 3.88. The van der Waals surface area contributed by atoms with Crippen molar-refractivity contribution in [2.24, 2.45) is 0 Å². The minimum atomic E-state index is -0.756. The average Bonchev–Trinajstić information content (AvgIpc) is 2.96. The number of rotatable bonds is 7. The van der Waals surface area contributed by atoms with Gasteiger partial charge in [-0.25, -0.2) is 4.98 Å². The van der Waals surface area contributed by atoms with E-state index in [0.29, 0.717) is 31.3 Å². The second kappa shape index (κ2) is 12.3. The predicted octanol–water partition coefficient (Wildman–Crippen LogP) is 4.70. The van der Waals surface area contributed by atoms with E-state index >= 15 is 0 Å². The van der Waals surface area contributed by atoms with Gasteiger partial charge < -0.3 is 19.9 Å². The lowest BCUT2D eigenvalue weighted by Crippen LogP contribution is -2.34. The third-order valence-electron chi connectivity index (χ3n) is 7.27. The second-order valence-electron chi connectivity index (χ2n) is 10.4. The molecule has 2 aromatic rings. The predicted molar refractivity (Wildman–Crippen MR) is 155 cm³/mol. The van der Waals surface area contributed by atoms with Gasteiger partial charge in [0.05, 0.1) is 19.3 Å². The number of nitrogens with zero attached hydrogens (tertiary/aromatic N) is 5. The Labute approximate surface area is 231 Å². The first kappa shape index (κ1) is 28.1. The Morgan fingerprint density at radius 1 is 1.31 bits per heavy atom. The molecule has 1 aromatic carbocycles. The third-order valence-corrected chi connectivity index (χ3v) is 7.27. The quantitative estimate of drug-likeness (QED) is 0.559. The molecule has 1 atom stereocenters. The van der Waals surface area contributed by atoms with Crippen LogP contribution in [-0.4, -0.2) is 56.2 Å². The molecule has 1 N–H and O–H groups in total. The summed E-state index contributed by atoms with van der Waals surface area (Å²) in [4.78, 5) is 26.4. The van der Waals surface area contributed by atoms with Crippen LogP contribution in [0.25, 0.3) is 0 Å². The summed E-state index contributed by atoms with van der Waals surface area (Å²) in [6.45, 7) is 8.86. The van der Waals surface area contributed by atoms with Gasteiger partial charge in [0, 0.05) is 45.5 Å². The second-order valence-corrected chi connectivity index (χ2v) is 10.4. The van der Waals surface area contributed by atoms with Crippen molar-refractivity contribution < 1.29 is 9.53 Å². The Bertz CT molecular complexity index is 1350. The molecule has 204 valence electrons. The Morgan fingerprint density at radius 2 is 2.13 bits per heavy atom. The molecule has 0 bridgehead atoms. The van der Waals surface area contributed by atoms with Crippen molar-refractivity contribution in [3.63, 3.8) is 0 Å². The first-order valence-electron chi connectivity index (χ1n) is 13.5. The number of fused-ring (bicyclic) bond motifs is 1. The molecule has 39 heavy (non-hydrogen) atoms. The number of piperidine rings is 1. The van der Waals surface area contributed by atoms with Gasteiger partial charge in [-0.05, 0) is 72.7 Å². The SMILES string of the molecule is C/C=C1/CCN(c2ccnc(N(C)C)n2)C/C1=C/C(=C/CC)CNC(=O)c1ccc2c(c1)C(C)(C#N)COC2. The summed E-state index contributed by atoms with van der Waals surface area (Å²) in [5.41, 5.74) is 5.23. The first-order valence-corrected chi connectivity index (χ1v) is 13.5. The van der Waals surface area contributed by atoms with Crippen LogP contribution in [0.3, 0.4) is 0 Å². The zero-order valence-corrected chi connectivity index (χ0v) is 23.6. The minimum absolute atomic E-state index is 0.154. The summed E-state index contributed by atoms with van der Waals surface area (Å²) in [6.07, 6.45) is 10.1. The van der Waals surface area contributed by atoms with E-state index in [9.17, 15) is 10.1 Å². The molecule has 1 saturated heterocycles. The average molecular weight is 527 g/mol. The highest BCUT2D eigenvalue weighted by Gasteiger charge is 2.33. The molecule has 4 rings (SSSR count). The van der Waals surface area contributed by atoms with Crippen LogP contribution in [0, 0.1) is 11.3 Å². The van der Waals surface area contributed by atoms with E-state index in [1.165, 1.54) is 11.1 Å². The van der Waals surface area contributed by atoms with Crippen LogP contribution in [0.2, 0.25) is 0 Å². The maximum atomic E-state index is 13.2. The molecule has 0 radical (unpaired) electrons. The van der Waals surface area contributed by atoms with Crippen LogP contribution in [0.15, 0.2) is 65.4 Å². The van der Waals surface area contributed by atoms with Gasteiger partial charge in [0.1, 0.15) is 11.2 Å². The molecule has 1 unspecified atom stereocenters. The molecule has 1 amide bonds. The van der Waals surface area contributed by atoms with Crippen molar-refractivity contribution in [2.75, 3.05) is 50.1 Å². The standard InChI is InChI=1S/C31H38N6O2/c1-6-8-22(17-34-29(38)24-9-10-25-19-39-21-31(3,20-32)27(25)16-24)15-26-18-37(14-12-23(26)7-2)28-11-13-33-30(35-28)36(4)5/h7-11,13,15-16H,6,12,14,17-19,21H2,1-5H3,(H,34,38)/b22-8-,23-7-,26-15-. The van der Waals surface area contributed by atoms with Gasteiger partial charge in [0.25, 0.3) is 5.91 Å². The fourth-order valence-corrected chi connectivity index (χ4v) is 5.04. The number of hydrogen-bond acceptors (Lipinski definition) is 7. The van der Waals surface area contributed by atoms with Gasteiger partial charge in [-0.15, -0.1) is 0 Å². The van der Waals surface area contributed by atoms with E-state index in [4.69, 9.17) is 9.72 Å². The summed E-state index contributed by atoms with van der Waals surface area (Å²) >= 11 is 0. The van der Waals surface area contributed by atoms with E-state index in [2.05, 4.69) is 53.3 Å². The Kier molecular flexibility index (Phi) is 8.82. The van der Waals surface area contributed by atoms with Gasteiger partial charge in [0.2, 0.25) is 5.95 Å². The summed E-state index contributed by atoms with van der Waals surface area (Å²) in [6, 6.07) is 9.86. The molecule has 2 aliphatic heterocycles. The zero-order valence-electron chi connectivity index (χ0n) is 23.6. The molecular formula is C31H38N6O2. The molecule has 0 spiro atoms. The fourth-order valence-electron chi connectivity index (χ4n) is 5.04. The largest absolute Gasteiger partial charge is 0.375 e. The maximum Gasteiger partial charge on any atom is 0.251 e. The molecule has 8 nitrogen and oxygen atoms in total. The van der Waals surface area contributed by atoms with E-state index in [1.54, 1.807) is 6.20 Å². The van der Waals surface area contributed by atoms with Crippen molar-refractivity contribution in [1.82, 2.24) is 15.3 Å². The normalized spacial score (nSPS) is 21.4. The molecule has 0 saturated carbocycles. The van der Waals surface area contributed by atoms with Crippen molar-refractivity contribution in [3.05, 3.63) is 82.1 Å². The Hall–Kier alpha value is -3.96. The molecule has 0 aliphatic carbocycles. The van der Waals surface area contributed by atoms with Crippen LogP contribution in [-0.2, 0) is 16.8 Å². The minimum Gasteiger partial charge on any atom is -0.375 e. The Morgan fingerprint density at radius 3 is 2.85 bits per heavy atom. The van der Waals surface area contributed by atoms with E-state index in [-0.39, 0.29) is 5.91 Å². The molecule has 1 aromatic heterocycles. The monoisotopic (exact) mass is 526 g/mol. The number of aromatic nitrogens is 2. The number of amides is 1. The molecule has 3 heterocycles. The molecule has 2 aliphatic rings. The lowest BCUT2D eigenvalue weighted by Gasteiger charge is -2.32. The number of nitrogens with one attached hydrogen (secondary N) is 1. The highest BCUT2D eigenvalue weighted by atomic mass is 16.5. The van der Waals surface area contributed by atoms with Gasteiger partial charge in [-0.2, -0.15) is 10.2 Å². The van der Waals surface area contributed by atoms with Gasteiger partial charge in [0.15, 0.2) is 0 Å². The van der Waals surface area contributed by atoms with Crippen LogP contribution >= 0.6 is 0 Å². The Balaban J connectivity index is 1.51. The van der Waals surface area contributed by atoms with Gasteiger partial charge >= 0.3 is 0 Å². The molecular weight excluding hydrogens is 488 g/mol. The number of allylic oxidation sites excluding steroid dienone is 2. The van der Waals surface area contributed by atoms with E-state index in [0.717, 1.165) is 48.4 Å². The van der Waals surface area contributed by atoms with Gasteiger partial charge in [-0.3, -0.25) is 4.79 Å². The number of benzene rings is 1. The summed E-state index contributed by atoms with van der Waals surface area (Å²) in [5, 5.41) is 12.8. The zero-order chi connectivity index (χ0) is 28.0.